The Morgan fingerprint density at radius 2 is 1.29 bits per heavy atom. The summed E-state index contributed by atoms with van der Waals surface area (Å²) in [5, 5.41) is 0. The molecular weight excluding hydrogens is 336 g/mol. The Labute approximate surface area is 172 Å². The van der Waals surface area contributed by atoms with Crippen molar-refractivity contribution in [2.75, 3.05) is 0 Å². The van der Waals surface area contributed by atoms with Gasteiger partial charge in [-0.25, -0.2) is 0 Å². The standard InChI is InChI=1S/C28H38/c1-18-15-21-16-19-7-6-8-20(19)17-28(21)22(18)13-14-27-25-11-4-2-9-23(25)24-10-3-5-12-26(24)27/h15,19-20,22,27H,2-14,16-17H2,1H3/t19-,20+,22?/m0/s1. The average molecular weight is 375 g/mol. The quantitative estimate of drug-likeness (QED) is 0.467. The van der Waals surface area contributed by atoms with Gasteiger partial charge in [-0.15, -0.1) is 0 Å². The van der Waals surface area contributed by atoms with Crippen molar-refractivity contribution in [3.8, 4) is 0 Å². The lowest BCUT2D eigenvalue weighted by atomic mass is 9.74. The molecule has 6 aliphatic carbocycles. The van der Waals surface area contributed by atoms with E-state index >= 15 is 0 Å². The van der Waals surface area contributed by atoms with E-state index < -0.39 is 0 Å². The number of allylic oxidation sites excluding steroid dienone is 8. The van der Waals surface area contributed by atoms with E-state index in [2.05, 4.69) is 13.0 Å². The van der Waals surface area contributed by atoms with Gasteiger partial charge in [0.2, 0.25) is 0 Å². The van der Waals surface area contributed by atoms with E-state index in [1.54, 1.807) is 11.1 Å². The Balaban J connectivity index is 1.22. The lowest BCUT2D eigenvalue weighted by molar-refractivity contribution is 0.348. The average Bonchev–Trinajstić information content (AvgIpc) is 3.38. The lowest BCUT2D eigenvalue weighted by Crippen LogP contribution is -2.19. The summed E-state index contributed by atoms with van der Waals surface area (Å²) < 4.78 is 0. The zero-order valence-electron chi connectivity index (χ0n) is 18.0. The first-order chi connectivity index (χ1) is 13.8. The topological polar surface area (TPSA) is 0 Å². The third-order valence-corrected chi connectivity index (χ3v) is 9.54. The van der Waals surface area contributed by atoms with E-state index in [0.29, 0.717) is 0 Å². The number of hydrogen-bond donors (Lipinski definition) is 0. The highest BCUT2D eigenvalue weighted by molar-refractivity contribution is 5.52. The van der Waals surface area contributed by atoms with Gasteiger partial charge in [-0.2, -0.15) is 0 Å². The molecule has 28 heavy (non-hydrogen) atoms. The zero-order valence-corrected chi connectivity index (χ0v) is 18.0. The minimum Gasteiger partial charge on any atom is -0.0659 e. The van der Waals surface area contributed by atoms with Gasteiger partial charge >= 0.3 is 0 Å². The Hall–Kier alpha value is -1.04. The van der Waals surface area contributed by atoms with Gasteiger partial charge in [0.15, 0.2) is 0 Å². The first kappa shape index (κ1) is 17.8. The van der Waals surface area contributed by atoms with Crippen molar-refractivity contribution in [2.24, 2.45) is 23.7 Å². The van der Waals surface area contributed by atoms with Crippen LogP contribution in [0.1, 0.15) is 103 Å². The molecule has 0 heteroatoms. The largest absolute Gasteiger partial charge is 0.0659 e. The van der Waals surface area contributed by atoms with Crippen molar-refractivity contribution in [3.63, 3.8) is 0 Å². The van der Waals surface area contributed by atoms with Crippen molar-refractivity contribution in [3.05, 3.63) is 45.1 Å². The van der Waals surface area contributed by atoms with Crippen molar-refractivity contribution < 1.29 is 0 Å². The van der Waals surface area contributed by atoms with Crippen LogP contribution in [-0.4, -0.2) is 0 Å². The van der Waals surface area contributed by atoms with Crippen LogP contribution in [-0.2, 0) is 0 Å². The van der Waals surface area contributed by atoms with Gasteiger partial charge in [0, 0.05) is 11.8 Å². The van der Waals surface area contributed by atoms with Gasteiger partial charge < -0.3 is 0 Å². The summed E-state index contributed by atoms with van der Waals surface area (Å²) in [5.41, 5.74) is 13.0. The molecule has 0 heterocycles. The molecule has 0 aromatic rings. The lowest BCUT2D eigenvalue weighted by Gasteiger charge is -2.31. The zero-order chi connectivity index (χ0) is 18.7. The molecule has 150 valence electrons. The molecule has 3 atom stereocenters. The smallest absolute Gasteiger partial charge is 0.00191 e. The molecule has 6 rings (SSSR count). The van der Waals surface area contributed by atoms with Gasteiger partial charge in [0.05, 0.1) is 0 Å². The Bertz CT molecular complexity index is 766. The normalized spacial score (nSPS) is 35.2. The van der Waals surface area contributed by atoms with E-state index in [4.69, 9.17) is 0 Å². The second-order valence-electron chi connectivity index (χ2n) is 10.9. The molecular formula is C28H38. The molecule has 0 radical (unpaired) electrons. The van der Waals surface area contributed by atoms with Crippen LogP contribution in [0.15, 0.2) is 45.1 Å². The Morgan fingerprint density at radius 1 is 0.679 bits per heavy atom. The summed E-state index contributed by atoms with van der Waals surface area (Å²) in [6, 6.07) is 0. The first-order valence-corrected chi connectivity index (χ1v) is 12.6. The second kappa shape index (κ2) is 7.03. The molecule has 1 saturated carbocycles. The summed E-state index contributed by atoms with van der Waals surface area (Å²) in [6.45, 7) is 2.45. The van der Waals surface area contributed by atoms with E-state index in [9.17, 15) is 0 Å². The molecule has 0 nitrogen and oxygen atoms in total. The third-order valence-electron chi connectivity index (χ3n) is 9.54. The molecule has 0 aromatic heterocycles. The Morgan fingerprint density at radius 3 is 2.00 bits per heavy atom. The van der Waals surface area contributed by atoms with Crippen LogP contribution in [0, 0.1) is 23.7 Å². The number of hydrogen-bond acceptors (Lipinski definition) is 0. The highest BCUT2D eigenvalue weighted by atomic mass is 14.4. The van der Waals surface area contributed by atoms with Crippen LogP contribution in [0.5, 0.6) is 0 Å². The summed E-state index contributed by atoms with van der Waals surface area (Å²) in [6.07, 6.45) is 24.4. The van der Waals surface area contributed by atoms with Crippen LogP contribution in [0.2, 0.25) is 0 Å². The molecule has 0 N–H and O–H groups in total. The fourth-order valence-electron chi connectivity index (χ4n) is 8.26. The van der Waals surface area contributed by atoms with Crippen molar-refractivity contribution in [1.29, 1.82) is 0 Å². The molecule has 0 amide bonds. The third kappa shape index (κ3) is 2.77. The predicted molar refractivity (Wildman–Crippen MR) is 118 cm³/mol. The van der Waals surface area contributed by atoms with Crippen LogP contribution < -0.4 is 0 Å². The number of fused-ring (bicyclic) bond motifs is 2. The summed E-state index contributed by atoms with van der Waals surface area (Å²) >= 11 is 0. The second-order valence-corrected chi connectivity index (χ2v) is 10.9. The summed E-state index contributed by atoms with van der Waals surface area (Å²) in [7, 11) is 0. The highest BCUT2D eigenvalue weighted by Gasteiger charge is 2.39. The molecule has 6 aliphatic rings. The molecule has 1 fully saturated rings. The van der Waals surface area contributed by atoms with Crippen LogP contribution >= 0.6 is 0 Å². The number of rotatable bonds is 3. The maximum Gasteiger partial charge on any atom is 0.00191 e. The van der Waals surface area contributed by atoms with E-state index in [0.717, 1.165) is 23.7 Å². The molecule has 0 saturated heterocycles. The van der Waals surface area contributed by atoms with Crippen molar-refractivity contribution in [2.45, 2.75) is 103 Å². The predicted octanol–water partition coefficient (Wildman–Crippen LogP) is 8.22. The van der Waals surface area contributed by atoms with Gasteiger partial charge in [0.25, 0.3) is 0 Å². The van der Waals surface area contributed by atoms with Gasteiger partial charge in [-0.1, -0.05) is 34.8 Å². The van der Waals surface area contributed by atoms with E-state index in [-0.39, 0.29) is 0 Å². The molecule has 0 spiro atoms. The molecule has 0 aromatic carbocycles. The fraction of sp³-hybridized carbons (Fsp3) is 0.714. The Kier molecular flexibility index (Phi) is 4.47. The maximum absolute atomic E-state index is 2.62. The highest BCUT2D eigenvalue weighted by Crippen LogP contribution is 2.54. The fourth-order valence-corrected chi connectivity index (χ4v) is 8.26. The first-order valence-electron chi connectivity index (χ1n) is 12.6. The van der Waals surface area contributed by atoms with Crippen molar-refractivity contribution >= 4 is 0 Å². The van der Waals surface area contributed by atoms with Gasteiger partial charge in [-0.3, -0.25) is 0 Å². The minimum atomic E-state index is 0.803. The maximum atomic E-state index is 2.62. The van der Waals surface area contributed by atoms with Gasteiger partial charge in [0.1, 0.15) is 0 Å². The SMILES string of the molecule is CC1=CC2=C(C[C@H]3CCC[C@H]3C2)C1CCC1C2=C(CCCC2)C2=C1CCCC2. The van der Waals surface area contributed by atoms with Crippen LogP contribution in [0.3, 0.4) is 0 Å². The van der Waals surface area contributed by atoms with Crippen LogP contribution in [0.4, 0.5) is 0 Å². The summed E-state index contributed by atoms with van der Waals surface area (Å²) in [4.78, 5) is 0. The van der Waals surface area contributed by atoms with E-state index in [1.165, 1.54) is 96.3 Å². The summed E-state index contributed by atoms with van der Waals surface area (Å²) in [5.74, 6) is 3.72. The molecule has 0 aliphatic heterocycles. The van der Waals surface area contributed by atoms with Gasteiger partial charge in [-0.05, 0) is 125 Å². The minimum absolute atomic E-state index is 0.803. The molecule has 0 bridgehead atoms. The van der Waals surface area contributed by atoms with E-state index in [1.807, 2.05) is 27.9 Å². The molecule has 1 unspecified atom stereocenters. The van der Waals surface area contributed by atoms with Crippen LogP contribution in [0.25, 0.3) is 0 Å². The van der Waals surface area contributed by atoms with Crippen molar-refractivity contribution in [1.82, 2.24) is 0 Å². The monoisotopic (exact) mass is 374 g/mol.